The maximum absolute atomic E-state index is 13.0. The molecular weight excluding hydrogens is 408 g/mol. The fraction of sp³-hybridized carbons (Fsp3) is 0.381. The lowest BCUT2D eigenvalue weighted by molar-refractivity contribution is 0.0938. The van der Waals surface area contributed by atoms with Crippen LogP contribution in [0, 0.1) is 6.92 Å². The summed E-state index contributed by atoms with van der Waals surface area (Å²) in [6.45, 7) is 8.07. The van der Waals surface area contributed by atoms with Gasteiger partial charge in [0.15, 0.2) is 0 Å². The maximum Gasteiger partial charge on any atom is 0.262 e. The average molecular weight is 433 g/mol. The van der Waals surface area contributed by atoms with E-state index in [1.54, 1.807) is 14.0 Å². The molecule has 0 unspecified atom stereocenters. The van der Waals surface area contributed by atoms with Crippen LogP contribution in [-0.2, 0) is 7.05 Å². The van der Waals surface area contributed by atoms with Crippen molar-refractivity contribution in [3.8, 4) is 0 Å². The van der Waals surface area contributed by atoms with Gasteiger partial charge in [0, 0.05) is 18.6 Å². The molecule has 0 radical (unpaired) electrons. The first kappa shape index (κ1) is 21.5. The number of halogens is 1. The summed E-state index contributed by atoms with van der Waals surface area (Å²) in [5.74, 6) is -0.197. The smallest absolute Gasteiger partial charge is 0.262 e. The van der Waals surface area contributed by atoms with Crippen molar-refractivity contribution in [1.82, 2.24) is 19.8 Å². The highest BCUT2D eigenvalue weighted by Gasteiger charge is 2.23. The third-order valence-corrected chi connectivity index (χ3v) is 6.73. The number of hydrogen-bond donors (Lipinski definition) is 1. The van der Waals surface area contributed by atoms with Crippen LogP contribution in [0.3, 0.4) is 0 Å². The molecule has 0 aliphatic rings. The van der Waals surface area contributed by atoms with Crippen LogP contribution in [0.2, 0.25) is 5.02 Å². The molecule has 0 aliphatic carbocycles. The van der Waals surface area contributed by atoms with Crippen molar-refractivity contribution in [3.63, 3.8) is 0 Å². The summed E-state index contributed by atoms with van der Waals surface area (Å²) in [4.78, 5) is 33.0. The highest BCUT2D eigenvalue weighted by molar-refractivity contribution is 7.20. The van der Waals surface area contributed by atoms with E-state index in [4.69, 9.17) is 11.6 Å². The number of aryl methyl sites for hydroxylation is 2. The van der Waals surface area contributed by atoms with Gasteiger partial charge >= 0.3 is 0 Å². The molecule has 6 nitrogen and oxygen atoms in total. The van der Waals surface area contributed by atoms with E-state index in [9.17, 15) is 9.59 Å². The monoisotopic (exact) mass is 432 g/mol. The predicted molar refractivity (Wildman–Crippen MR) is 119 cm³/mol. The number of benzene rings is 1. The Bertz CT molecular complexity index is 1090. The average Bonchev–Trinajstić information content (AvgIpc) is 3.05. The minimum absolute atomic E-state index is 0.0386. The lowest BCUT2D eigenvalue weighted by Gasteiger charge is -2.30. The van der Waals surface area contributed by atoms with Crippen LogP contribution >= 0.6 is 22.9 Å². The van der Waals surface area contributed by atoms with Crippen LogP contribution < -0.4 is 10.9 Å². The molecule has 0 fully saturated rings. The highest BCUT2D eigenvalue weighted by atomic mass is 35.5. The Morgan fingerprint density at radius 3 is 2.66 bits per heavy atom. The van der Waals surface area contributed by atoms with Crippen molar-refractivity contribution >= 4 is 39.1 Å². The molecule has 3 rings (SSSR count). The van der Waals surface area contributed by atoms with Gasteiger partial charge in [-0.15, -0.1) is 11.3 Å². The zero-order valence-electron chi connectivity index (χ0n) is 17.0. The summed E-state index contributed by atoms with van der Waals surface area (Å²) in [5, 5.41) is 4.24. The van der Waals surface area contributed by atoms with Crippen molar-refractivity contribution in [3.05, 3.63) is 62.0 Å². The van der Waals surface area contributed by atoms with Gasteiger partial charge in [0.25, 0.3) is 11.5 Å². The normalized spacial score (nSPS) is 12.5. The molecule has 0 spiro atoms. The second-order valence-corrected chi connectivity index (χ2v) is 8.27. The van der Waals surface area contributed by atoms with E-state index in [0.717, 1.165) is 18.7 Å². The fourth-order valence-corrected chi connectivity index (χ4v) is 4.86. The first-order valence-electron chi connectivity index (χ1n) is 9.60. The second-order valence-electron chi connectivity index (χ2n) is 6.87. The SMILES string of the molecule is CCN(CC)[C@@H](CNC(=O)c1sc2ncn(C)c(=O)c2c1C)c1ccccc1Cl. The predicted octanol–water partition coefficient (Wildman–Crippen LogP) is 3.77. The van der Waals surface area contributed by atoms with E-state index in [-0.39, 0.29) is 17.5 Å². The van der Waals surface area contributed by atoms with Crippen LogP contribution in [0.4, 0.5) is 0 Å². The summed E-state index contributed by atoms with van der Waals surface area (Å²) in [5.41, 5.74) is 1.52. The number of nitrogens with zero attached hydrogens (tertiary/aromatic N) is 3. The van der Waals surface area contributed by atoms with Crippen LogP contribution in [-0.4, -0.2) is 40.0 Å². The molecule has 8 heteroatoms. The second kappa shape index (κ2) is 9.07. The Hall–Kier alpha value is -2.22. The number of amides is 1. The topological polar surface area (TPSA) is 67.2 Å². The van der Waals surface area contributed by atoms with Crippen LogP contribution in [0.1, 0.15) is 40.7 Å². The number of thiophene rings is 1. The van der Waals surface area contributed by atoms with Gasteiger partial charge in [-0.2, -0.15) is 0 Å². The maximum atomic E-state index is 13.0. The van der Waals surface area contributed by atoms with Crippen LogP contribution in [0.5, 0.6) is 0 Å². The van der Waals surface area contributed by atoms with Gasteiger partial charge in [-0.1, -0.05) is 43.6 Å². The molecule has 3 aromatic rings. The van der Waals surface area contributed by atoms with E-state index < -0.39 is 0 Å². The zero-order valence-corrected chi connectivity index (χ0v) is 18.6. The number of hydrogen-bond acceptors (Lipinski definition) is 5. The van der Waals surface area contributed by atoms with Crippen molar-refractivity contribution < 1.29 is 4.79 Å². The minimum atomic E-state index is -0.197. The first-order chi connectivity index (χ1) is 13.9. The Kier molecular flexibility index (Phi) is 6.72. The minimum Gasteiger partial charge on any atom is -0.349 e. The first-order valence-corrected chi connectivity index (χ1v) is 10.8. The van der Waals surface area contributed by atoms with Gasteiger partial charge in [0.1, 0.15) is 4.83 Å². The van der Waals surface area contributed by atoms with E-state index in [1.165, 1.54) is 22.2 Å². The van der Waals surface area contributed by atoms with E-state index in [2.05, 4.69) is 29.0 Å². The number of likely N-dealkylation sites (N-methyl/N-ethyl adjacent to an activating group) is 1. The molecule has 0 saturated carbocycles. The van der Waals surface area contributed by atoms with Gasteiger partial charge in [-0.25, -0.2) is 4.98 Å². The molecule has 154 valence electrons. The van der Waals surface area contributed by atoms with E-state index in [1.807, 2.05) is 24.3 Å². The fourth-order valence-electron chi connectivity index (χ4n) is 3.54. The number of aromatic nitrogens is 2. The Balaban J connectivity index is 1.88. The summed E-state index contributed by atoms with van der Waals surface area (Å²) < 4.78 is 1.43. The lowest BCUT2D eigenvalue weighted by Crippen LogP contribution is -2.38. The summed E-state index contributed by atoms with van der Waals surface area (Å²) in [6, 6.07) is 7.68. The van der Waals surface area contributed by atoms with E-state index >= 15 is 0 Å². The Labute approximate surface area is 179 Å². The Morgan fingerprint density at radius 2 is 2.00 bits per heavy atom. The summed E-state index contributed by atoms with van der Waals surface area (Å²) in [7, 11) is 1.66. The third kappa shape index (κ3) is 4.22. The summed E-state index contributed by atoms with van der Waals surface area (Å²) >= 11 is 7.69. The summed E-state index contributed by atoms with van der Waals surface area (Å²) in [6.07, 6.45) is 1.48. The Morgan fingerprint density at radius 1 is 1.31 bits per heavy atom. The van der Waals surface area contributed by atoms with Crippen LogP contribution in [0.25, 0.3) is 10.2 Å². The van der Waals surface area contributed by atoms with Gasteiger partial charge in [-0.3, -0.25) is 14.5 Å². The molecule has 1 amide bonds. The largest absolute Gasteiger partial charge is 0.349 e. The standard InChI is InChI=1S/C21H25ClN4O2S/c1-5-26(6-2)16(14-9-7-8-10-15(14)22)11-23-19(27)18-13(3)17-20(29-18)24-12-25(4)21(17)28/h7-10,12,16H,5-6,11H2,1-4H3,(H,23,27)/t16-/m0/s1. The van der Waals surface area contributed by atoms with Gasteiger partial charge in [0.2, 0.25) is 0 Å². The number of carbonyl (C=O) groups is 1. The molecule has 29 heavy (non-hydrogen) atoms. The molecule has 0 bridgehead atoms. The molecule has 2 heterocycles. The molecule has 0 saturated heterocycles. The number of rotatable bonds is 7. The number of carbonyl (C=O) groups excluding carboxylic acids is 1. The van der Waals surface area contributed by atoms with Crippen molar-refractivity contribution in [2.75, 3.05) is 19.6 Å². The quantitative estimate of drug-likeness (QED) is 0.617. The molecule has 0 aliphatic heterocycles. The van der Waals surface area contributed by atoms with E-state index in [0.29, 0.717) is 32.2 Å². The van der Waals surface area contributed by atoms with Crippen molar-refractivity contribution in [1.29, 1.82) is 0 Å². The number of nitrogens with one attached hydrogen (secondary N) is 1. The molecule has 2 aromatic heterocycles. The molecule has 1 aromatic carbocycles. The van der Waals surface area contributed by atoms with Crippen molar-refractivity contribution in [2.24, 2.45) is 7.05 Å². The van der Waals surface area contributed by atoms with Crippen LogP contribution in [0.15, 0.2) is 35.4 Å². The molecule has 1 atom stereocenters. The van der Waals surface area contributed by atoms with Gasteiger partial charge in [-0.05, 0) is 37.2 Å². The van der Waals surface area contributed by atoms with Gasteiger partial charge in [0.05, 0.1) is 22.6 Å². The molecular formula is C21H25ClN4O2S. The molecule has 1 N–H and O–H groups in total. The number of fused-ring (bicyclic) bond motifs is 1. The zero-order chi connectivity index (χ0) is 21.1. The van der Waals surface area contributed by atoms with Gasteiger partial charge < -0.3 is 9.88 Å². The highest BCUT2D eigenvalue weighted by Crippen LogP contribution is 2.29. The lowest BCUT2D eigenvalue weighted by atomic mass is 10.0. The third-order valence-electron chi connectivity index (χ3n) is 5.19. The van der Waals surface area contributed by atoms with Crippen molar-refractivity contribution in [2.45, 2.75) is 26.8 Å².